The van der Waals surface area contributed by atoms with Crippen molar-refractivity contribution in [2.75, 3.05) is 0 Å². The smallest absolute Gasteiger partial charge is 0.338 e. The number of para-hydroxylation sites is 1. The Morgan fingerprint density at radius 1 is 0.931 bits per heavy atom. The normalized spacial score (nSPS) is 11.2. The van der Waals surface area contributed by atoms with Crippen molar-refractivity contribution in [1.29, 1.82) is 0 Å². The van der Waals surface area contributed by atoms with Crippen LogP contribution in [-0.2, 0) is 6.54 Å². The van der Waals surface area contributed by atoms with Gasteiger partial charge in [0.1, 0.15) is 0 Å². The van der Waals surface area contributed by atoms with Crippen molar-refractivity contribution in [3.05, 3.63) is 66.7 Å². The minimum Gasteiger partial charge on any atom is -0.478 e. The summed E-state index contributed by atoms with van der Waals surface area (Å²) in [4.78, 5) is 25.5. The van der Waals surface area contributed by atoms with E-state index >= 15 is 0 Å². The van der Waals surface area contributed by atoms with Gasteiger partial charge in [-0.1, -0.05) is 77.9 Å². The molecule has 8 heteroatoms. The summed E-state index contributed by atoms with van der Waals surface area (Å²) in [7, 11) is 0. The van der Waals surface area contributed by atoms with Crippen LogP contribution in [0.1, 0.15) is 51.7 Å². The summed E-state index contributed by atoms with van der Waals surface area (Å²) in [5, 5.41) is 9.50. The highest BCUT2D eigenvalue weighted by Gasteiger charge is 2.31. The molecular formula is C21H17Cl4NO3. The second-order valence-electron chi connectivity index (χ2n) is 6.62. The van der Waals surface area contributed by atoms with Gasteiger partial charge < -0.3 is 9.67 Å². The second kappa shape index (κ2) is 8.57. The van der Waals surface area contributed by atoms with Crippen LogP contribution in [0.4, 0.5) is 0 Å². The van der Waals surface area contributed by atoms with Crippen molar-refractivity contribution in [3.63, 3.8) is 0 Å². The molecule has 0 spiro atoms. The molecule has 4 nitrogen and oxygen atoms in total. The van der Waals surface area contributed by atoms with Gasteiger partial charge in [0, 0.05) is 23.1 Å². The third-order valence-corrected chi connectivity index (χ3v) is 6.70. The molecule has 0 bridgehead atoms. The molecule has 0 fully saturated rings. The molecule has 0 unspecified atom stereocenters. The van der Waals surface area contributed by atoms with E-state index in [4.69, 9.17) is 46.4 Å². The van der Waals surface area contributed by atoms with Crippen molar-refractivity contribution in [3.8, 4) is 0 Å². The second-order valence-corrected chi connectivity index (χ2v) is 8.13. The first-order valence-electron chi connectivity index (χ1n) is 8.94. The van der Waals surface area contributed by atoms with Gasteiger partial charge in [0.05, 0.1) is 36.8 Å². The topological polar surface area (TPSA) is 59.3 Å². The number of aryl methyl sites for hydroxylation is 1. The zero-order chi connectivity index (χ0) is 21.5. The molecule has 2 aromatic carbocycles. The number of carboxylic acid groups (broad SMARTS) is 1. The lowest BCUT2D eigenvalue weighted by molar-refractivity contribution is 0.0693. The van der Waals surface area contributed by atoms with E-state index in [1.165, 1.54) is 0 Å². The van der Waals surface area contributed by atoms with Gasteiger partial charge in [0.25, 0.3) is 0 Å². The number of hydrogen-bond acceptors (Lipinski definition) is 2. The fourth-order valence-electron chi connectivity index (χ4n) is 3.49. The molecular weight excluding hydrogens is 456 g/mol. The molecule has 3 aromatic rings. The first kappa shape index (κ1) is 22.0. The number of aromatic nitrogens is 1. The number of fused-ring (bicyclic) bond motifs is 1. The lowest BCUT2D eigenvalue weighted by atomic mass is 9.96. The number of rotatable bonds is 6. The fraction of sp³-hybridized carbons (Fsp3) is 0.238. The highest BCUT2D eigenvalue weighted by molar-refractivity contribution is 6.54. The summed E-state index contributed by atoms with van der Waals surface area (Å²) < 4.78 is 2.06. The zero-order valence-electron chi connectivity index (χ0n) is 15.7. The number of carbonyl (C=O) groups is 2. The molecule has 0 saturated heterocycles. The van der Waals surface area contributed by atoms with Gasteiger partial charge in [-0.2, -0.15) is 0 Å². The molecule has 3 rings (SSSR count). The molecule has 1 N–H and O–H groups in total. The van der Waals surface area contributed by atoms with Crippen molar-refractivity contribution in [1.82, 2.24) is 4.57 Å². The number of halogens is 4. The van der Waals surface area contributed by atoms with Gasteiger partial charge in [0.15, 0.2) is 5.78 Å². The summed E-state index contributed by atoms with van der Waals surface area (Å²) >= 11 is 24.6. The van der Waals surface area contributed by atoms with Crippen LogP contribution in [0.2, 0.25) is 20.1 Å². The first-order chi connectivity index (χ1) is 13.7. The predicted octanol–water partition coefficient (Wildman–Crippen LogP) is 7.29. The summed E-state index contributed by atoms with van der Waals surface area (Å²) in [5.74, 6) is -1.97. The largest absolute Gasteiger partial charge is 0.478 e. The molecule has 152 valence electrons. The van der Waals surface area contributed by atoms with E-state index in [1.807, 2.05) is 31.2 Å². The van der Waals surface area contributed by atoms with Gasteiger partial charge in [0.2, 0.25) is 0 Å². The lowest BCUT2D eigenvalue weighted by Gasteiger charge is -2.14. The van der Waals surface area contributed by atoms with Crippen LogP contribution >= 0.6 is 46.4 Å². The standard InChI is InChI=1S/C21H17Cl4NO3/c1-3-4-9-26-10(2)13(11-7-5-6-8-12(11)26)20(27)14-15(21(28)29)17(23)19(25)18(24)16(14)22/h5-8H,3-4,9H2,1-2H3,(H,28,29). The maximum atomic E-state index is 13.6. The average Bonchev–Trinajstić information content (AvgIpc) is 2.97. The van der Waals surface area contributed by atoms with Crippen molar-refractivity contribution in [2.24, 2.45) is 0 Å². The Morgan fingerprint density at radius 3 is 2.10 bits per heavy atom. The van der Waals surface area contributed by atoms with Crippen LogP contribution < -0.4 is 0 Å². The van der Waals surface area contributed by atoms with Crippen molar-refractivity contribution >= 4 is 69.1 Å². The molecule has 1 aromatic heterocycles. The Labute approximate surface area is 187 Å². The van der Waals surface area contributed by atoms with Gasteiger partial charge >= 0.3 is 5.97 Å². The SMILES string of the molecule is CCCCn1c(C)c(C(=O)c2c(Cl)c(Cl)c(Cl)c(Cl)c2C(=O)O)c2ccccc21. The van der Waals surface area contributed by atoms with Crippen LogP contribution in [0.5, 0.6) is 0 Å². The molecule has 0 aliphatic carbocycles. The fourth-order valence-corrected chi connectivity index (χ4v) is 4.51. The summed E-state index contributed by atoms with van der Waals surface area (Å²) in [6, 6.07) is 7.47. The number of unbranched alkanes of at least 4 members (excludes halogenated alkanes) is 1. The number of aromatic carboxylic acids is 1. The minimum absolute atomic E-state index is 0.154. The van der Waals surface area contributed by atoms with E-state index in [0.29, 0.717) is 10.9 Å². The average molecular weight is 473 g/mol. The molecule has 1 heterocycles. The summed E-state index contributed by atoms with van der Waals surface area (Å²) in [6.45, 7) is 4.65. The van der Waals surface area contributed by atoms with Gasteiger partial charge in [-0.15, -0.1) is 0 Å². The Hall–Kier alpha value is -1.72. The van der Waals surface area contributed by atoms with Gasteiger partial charge in [-0.3, -0.25) is 4.79 Å². The zero-order valence-corrected chi connectivity index (χ0v) is 18.7. The highest BCUT2D eigenvalue weighted by Crippen LogP contribution is 2.43. The Balaban J connectivity index is 2.35. The minimum atomic E-state index is -1.41. The van der Waals surface area contributed by atoms with Crippen molar-refractivity contribution in [2.45, 2.75) is 33.2 Å². The first-order valence-corrected chi connectivity index (χ1v) is 10.4. The molecule has 29 heavy (non-hydrogen) atoms. The molecule has 0 amide bonds. The van der Waals surface area contributed by atoms with E-state index in [-0.39, 0.29) is 25.7 Å². The van der Waals surface area contributed by atoms with E-state index < -0.39 is 17.3 Å². The number of nitrogens with zero attached hydrogens (tertiary/aromatic N) is 1. The highest BCUT2D eigenvalue weighted by atomic mass is 35.5. The molecule has 0 saturated carbocycles. The van der Waals surface area contributed by atoms with E-state index in [1.54, 1.807) is 0 Å². The Bertz CT molecular complexity index is 1150. The lowest BCUT2D eigenvalue weighted by Crippen LogP contribution is -2.13. The van der Waals surface area contributed by atoms with Crippen LogP contribution in [-0.4, -0.2) is 21.4 Å². The predicted molar refractivity (Wildman–Crippen MR) is 118 cm³/mol. The van der Waals surface area contributed by atoms with E-state index in [9.17, 15) is 14.7 Å². The Morgan fingerprint density at radius 2 is 1.52 bits per heavy atom. The number of carboxylic acids is 1. The van der Waals surface area contributed by atoms with Gasteiger partial charge in [-0.05, 0) is 19.4 Å². The molecule has 0 aliphatic heterocycles. The van der Waals surface area contributed by atoms with Crippen LogP contribution in [0.3, 0.4) is 0 Å². The monoisotopic (exact) mass is 471 g/mol. The summed E-state index contributed by atoms with van der Waals surface area (Å²) in [6.07, 6.45) is 1.93. The maximum Gasteiger partial charge on any atom is 0.338 e. The molecule has 0 aliphatic rings. The number of carbonyl (C=O) groups excluding carboxylic acids is 1. The van der Waals surface area contributed by atoms with Crippen LogP contribution in [0.25, 0.3) is 10.9 Å². The maximum absolute atomic E-state index is 13.6. The van der Waals surface area contributed by atoms with E-state index in [0.717, 1.165) is 30.6 Å². The molecule has 0 atom stereocenters. The Kier molecular flexibility index (Phi) is 6.49. The quantitative estimate of drug-likeness (QED) is 0.232. The van der Waals surface area contributed by atoms with Crippen LogP contribution in [0, 0.1) is 6.92 Å². The number of hydrogen-bond donors (Lipinski definition) is 1. The van der Waals surface area contributed by atoms with Crippen LogP contribution in [0.15, 0.2) is 24.3 Å². The van der Waals surface area contributed by atoms with E-state index in [2.05, 4.69) is 11.5 Å². The summed E-state index contributed by atoms with van der Waals surface area (Å²) in [5.41, 5.74) is 1.26. The third-order valence-electron chi connectivity index (χ3n) is 4.90. The third kappa shape index (κ3) is 3.64. The van der Waals surface area contributed by atoms with Crippen molar-refractivity contribution < 1.29 is 14.7 Å². The number of ketones is 1. The molecule has 0 radical (unpaired) electrons. The number of benzene rings is 2. The van der Waals surface area contributed by atoms with Gasteiger partial charge in [-0.25, -0.2) is 4.79 Å².